The van der Waals surface area contributed by atoms with Crippen LogP contribution in [-0.4, -0.2) is 25.0 Å². The fourth-order valence-corrected chi connectivity index (χ4v) is 2.49. The summed E-state index contributed by atoms with van der Waals surface area (Å²) in [5.41, 5.74) is 6.41. The van der Waals surface area contributed by atoms with Gasteiger partial charge in [-0.15, -0.1) is 0 Å². The van der Waals surface area contributed by atoms with Crippen LogP contribution in [-0.2, 0) is 0 Å². The Balaban J connectivity index is 3.03. The molecule has 0 aromatic heterocycles. The number of nitrogens with zero attached hydrogens (tertiary/aromatic N) is 1. The van der Waals surface area contributed by atoms with E-state index in [9.17, 15) is 4.39 Å². The van der Waals surface area contributed by atoms with Crippen molar-refractivity contribution in [3.63, 3.8) is 0 Å². The molecular formula is C14H22ClFN2. The lowest BCUT2D eigenvalue weighted by atomic mass is 9.94. The smallest absolute Gasteiger partial charge is 0.129 e. The number of rotatable bonds is 4. The minimum absolute atomic E-state index is 0.125. The molecule has 1 rings (SSSR count). The van der Waals surface area contributed by atoms with Crippen molar-refractivity contribution in [2.45, 2.75) is 26.8 Å². The SMILES string of the molecule is CN(CC(C)(C)C)C(CN)c1c(F)cccc1Cl. The first kappa shape index (κ1) is 15.4. The van der Waals surface area contributed by atoms with Gasteiger partial charge in [0.1, 0.15) is 5.82 Å². The molecule has 0 aliphatic rings. The average Bonchev–Trinajstić information content (AvgIpc) is 2.20. The third-order valence-corrected chi connectivity index (χ3v) is 3.14. The molecule has 0 aliphatic carbocycles. The maximum Gasteiger partial charge on any atom is 0.129 e. The van der Waals surface area contributed by atoms with E-state index in [1.807, 2.05) is 7.05 Å². The molecule has 0 fully saturated rings. The number of nitrogens with two attached hydrogens (primary N) is 1. The van der Waals surface area contributed by atoms with E-state index in [2.05, 4.69) is 25.7 Å². The van der Waals surface area contributed by atoms with Gasteiger partial charge in [0.25, 0.3) is 0 Å². The van der Waals surface area contributed by atoms with Crippen molar-refractivity contribution in [2.75, 3.05) is 20.1 Å². The zero-order chi connectivity index (χ0) is 13.9. The van der Waals surface area contributed by atoms with Crippen LogP contribution in [0, 0.1) is 11.2 Å². The lowest BCUT2D eigenvalue weighted by Gasteiger charge is -2.33. The molecule has 2 nitrogen and oxygen atoms in total. The second kappa shape index (κ2) is 6.00. The van der Waals surface area contributed by atoms with Gasteiger partial charge in [-0.05, 0) is 24.6 Å². The van der Waals surface area contributed by atoms with Crippen LogP contribution in [0.25, 0.3) is 0 Å². The third-order valence-electron chi connectivity index (χ3n) is 2.81. The van der Waals surface area contributed by atoms with Gasteiger partial charge in [0.2, 0.25) is 0 Å². The van der Waals surface area contributed by atoms with Crippen molar-refractivity contribution >= 4 is 11.6 Å². The van der Waals surface area contributed by atoms with E-state index in [4.69, 9.17) is 17.3 Å². The molecule has 1 atom stereocenters. The van der Waals surface area contributed by atoms with Gasteiger partial charge in [-0.2, -0.15) is 0 Å². The van der Waals surface area contributed by atoms with Crippen molar-refractivity contribution in [1.82, 2.24) is 4.90 Å². The first-order chi connectivity index (χ1) is 8.26. The van der Waals surface area contributed by atoms with Crippen LogP contribution in [0.5, 0.6) is 0 Å². The van der Waals surface area contributed by atoms with Gasteiger partial charge in [-0.25, -0.2) is 4.39 Å². The lowest BCUT2D eigenvalue weighted by molar-refractivity contribution is 0.173. The van der Waals surface area contributed by atoms with E-state index in [0.29, 0.717) is 17.1 Å². The molecule has 0 bridgehead atoms. The molecule has 0 heterocycles. The molecule has 0 aliphatic heterocycles. The van der Waals surface area contributed by atoms with E-state index in [1.165, 1.54) is 6.07 Å². The highest BCUT2D eigenvalue weighted by Crippen LogP contribution is 2.30. The van der Waals surface area contributed by atoms with Crippen molar-refractivity contribution < 1.29 is 4.39 Å². The van der Waals surface area contributed by atoms with Crippen LogP contribution in [0.4, 0.5) is 4.39 Å². The number of halogens is 2. The van der Waals surface area contributed by atoms with Crippen molar-refractivity contribution in [2.24, 2.45) is 11.1 Å². The molecule has 0 saturated heterocycles. The van der Waals surface area contributed by atoms with Gasteiger partial charge in [0, 0.05) is 23.7 Å². The fourth-order valence-electron chi connectivity index (χ4n) is 2.21. The molecule has 0 radical (unpaired) electrons. The van der Waals surface area contributed by atoms with Gasteiger partial charge in [0.15, 0.2) is 0 Å². The van der Waals surface area contributed by atoms with Crippen LogP contribution in [0.3, 0.4) is 0 Å². The summed E-state index contributed by atoms with van der Waals surface area (Å²) >= 11 is 6.10. The first-order valence-electron chi connectivity index (χ1n) is 6.10. The number of hydrogen-bond acceptors (Lipinski definition) is 2. The maximum atomic E-state index is 13.9. The minimum atomic E-state index is -0.293. The second-order valence-corrected chi connectivity index (χ2v) is 6.27. The van der Waals surface area contributed by atoms with E-state index in [-0.39, 0.29) is 17.3 Å². The normalized spacial score (nSPS) is 14.0. The molecule has 1 aromatic carbocycles. The second-order valence-electron chi connectivity index (χ2n) is 5.86. The first-order valence-corrected chi connectivity index (χ1v) is 6.48. The highest BCUT2D eigenvalue weighted by Gasteiger charge is 2.24. The summed E-state index contributed by atoms with van der Waals surface area (Å²) < 4.78 is 13.9. The zero-order valence-electron chi connectivity index (χ0n) is 11.5. The van der Waals surface area contributed by atoms with Crippen molar-refractivity contribution in [3.05, 3.63) is 34.6 Å². The third kappa shape index (κ3) is 3.94. The number of benzene rings is 1. The van der Waals surface area contributed by atoms with Crippen LogP contribution in [0.1, 0.15) is 32.4 Å². The molecule has 0 saturated carbocycles. The minimum Gasteiger partial charge on any atom is -0.329 e. The molecule has 2 N–H and O–H groups in total. The fraction of sp³-hybridized carbons (Fsp3) is 0.571. The molecular weight excluding hydrogens is 251 g/mol. The zero-order valence-corrected chi connectivity index (χ0v) is 12.3. The summed E-state index contributed by atoms with van der Waals surface area (Å²) in [6.45, 7) is 7.58. The Morgan fingerprint density at radius 3 is 2.44 bits per heavy atom. The highest BCUT2D eigenvalue weighted by molar-refractivity contribution is 6.31. The van der Waals surface area contributed by atoms with Crippen LogP contribution >= 0.6 is 11.6 Å². The van der Waals surface area contributed by atoms with Crippen LogP contribution < -0.4 is 5.73 Å². The topological polar surface area (TPSA) is 29.3 Å². The quantitative estimate of drug-likeness (QED) is 0.910. The molecule has 0 amide bonds. The predicted molar refractivity (Wildman–Crippen MR) is 75.3 cm³/mol. The predicted octanol–water partition coefficient (Wildman–Crippen LogP) is 3.46. The Morgan fingerprint density at radius 2 is 2.00 bits per heavy atom. The standard InChI is InChI=1S/C14H22ClFN2/c1-14(2,3)9-18(4)12(8-17)13-10(15)6-5-7-11(13)16/h5-7,12H,8-9,17H2,1-4H3. The van der Waals surface area contributed by atoms with E-state index >= 15 is 0 Å². The highest BCUT2D eigenvalue weighted by atomic mass is 35.5. The number of likely N-dealkylation sites (N-methyl/N-ethyl adjacent to an activating group) is 1. The van der Waals surface area contributed by atoms with Gasteiger partial charge >= 0.3 is 0 Å². The summed E-state index contributed by atoms with van der Waals surface area (Å²) in [4.78, 5) is 2.06. The Bertz CT molecular complexity index is 381. The molecule has 4 heteroatoms. The Morgan fingerprint density at radius 1 is 1.39 bits per heavy atom. The molecule has 102 valence electrons. The van der Waals surface area contributed by atoms with Crippen molar-refractivity contribution in [3.8, 4) is 0 Å². The van der Waals surface area contributed by atoms with E-state index < -0.39 is 0 Å². The van der Waals surface area contributed by atoms with Crippen LogP contribution in [0.15, 0.2) is 18.2 Å². The Hall–Kier alpha value is -0.640. The molecule has 1 aromatic rings. The monoisotopic (exact) mass is 272 g/mol. The summed E-state index contributed by atoms with van der Waals surface area (Å²) in [5.74, 6) is -0.293. The molecule has 18 heavy (non-hydrogen) atoms. The molecule has 1 unspecified atom stereocenters. The van der Waals surface area contributed by atoms with E-state index in [0.717, 1.165) is 6.54 Å². The summed E-state index contributed by atoms with van der Waals surface area (Å²) in [5, 5.41) is 0.436. The van der Waals surface area contributed by atoms with E-state index in [1.54, 1.807) is 12.1 Å². The number of hydrogen-bond donors (Lipinski definition) is 1. The largest absolute Gasteiger partial charge is 0.329 e. The maximum absolute atomic E-state index is 13.9. The Labute approximate surface area is 114 Å². The van der Waals surface area contributed by atoms with Crippen molar-refractivity contribution in [1.29, 1.82) is 0 Å². The average molecular weight is 273 g/mol. The van der Waals surface area contributed by atoms with Gasteiger partial charge < -0.3 is 5.73 Å². The molecule has 0 spiro atoms. The van der Waals surface area contributed by atoms with Gasteiger partial charge in [0.05, 0.1) is 6.04 Å². The van der Waals surface area contributed by atoms with Crippen LogP contribution in [0.2, 0.25) is 5.02 Å². The summed E-state index contributed by atoms with van der Waals surface area (Å²) in [6, 6.07) is 4.54. The summed E-state index contributed by atoms with van der Waals surface area (Å²) in [7, 11) is 1.95. The Kier molecular flexibility index (Phi) is 5.14. The lowest BCUT2D eigenvalue weighted by Crippen LogP contribution is -2.37. The summed E-state index contributed by atoms with van der Waals surface area (Å²) in [6.07, 6.45) is 0. The van der Waals surface area contributed by atoms with Gasteiger partial charge in [-0.1, -0.05) is 38.4 Å². The van der Waals surface area contributed by atoms with Gasteiger partial charge in [-0.3, -0.25) is 4.90 Å².